The van der Waals surface area contributed by atoms with Crippen LogP contribution in [0.15, 0.2) is 33.0 Å². The lowest BCUT2D eigenvalue weighted by atomic mass is 9.94. The number of aryl methyl sites for hydroxylation is 1. The van der Waals surface area contributed by atoms with Gasteiger partial charge in [0.1, 0.15) is 28.1 Å². The second-order valence-corrected chi connectivity index (χ2v) is 8.42. The Morgan fingerprint density at radius 3 is 2.17 bits per heavy atom. The van der Waals surface area contributed by atoms with E-state index in [0.29, 0.717) is 0 Å². The van der Waals surface area contributed by atoms with Gasteiger partial charge in [-0.15, -0.1) is 0 Å². The number of hydrogen-bond donors (Lipinski definition) is 5. The molecule has 0 spiro atoms. The number of hydrogen-bond acceptors (Lipinski definition) is 7. The van der Waals surface area contributed by atoms with Gasteiger partial charge >= 0.3 is 0 Å². The van der Waals surface area contributed by atoms with Gasteiger partial charge in [-0.3, -0.25) is 4.79 Å². The van der Waals surface area contributed by atoms with E-state index in [0.717, 1.165) is 11.6 Å². The maximum atomic E-state index is 13.3. The van der Waals surface area contributed by atoms with Crippen molar-refractivity contribution in [2.75, 3.05) is 0 Å². The molecule has 0 saturated heterocycles. The molecule has 0 aliphatic carbocycles. The first kappa shape index (κ1) is 21.5. The average molecular weight is 414 g/mol. The van der Waals surface area contributed by atoms with Crippen molar-refractivity contribution in [3.8, 4) is 23.0 Å². The van der Waals surface area contributed by atoms with Crippen LogP contribution in [0.5, 0.6) is 23.0 Å². The fourth-order valence-corrected chi connectivity index (χ4v) is 3.41. The number of phenolic OH excluding ortho intramolecular Hbond substituents is 4. The van der Waals surface area contributed by atoms with E-state index in [1.54, 1.807) is 13.8 Å². The van der Waals surface area contributed by atoms with Gasteiger partial charge in [0, 0.05) is 23.3 Å². The normalized spacial score (nSPS) is 11.9. The number of aromatic hydroxyl groups is 4. The summed E-state index contributed by atoms with van der Waals surface area (Å²) < 4.78 is 5.71. The van der Waals surface area contributed by atoms with Crippen molar-refractivity contribution in [2.45, 2.75) is 52.6 Å². The molecule has 7 heteroatoms. The van der Waals surface area contributed by atoms with E-state index < -0.39 is 22.5 Å². The van der Waals surface area contributed by atoms with Crippen LogP contribution in [0.1, 0.15) is 45.2 Å². The third-order valence-corrected chi connectivity index (χ3v) is 5.07. The zero-order chi connectivity index (χ0) is 22.4. The molecule has 30 heavy (non-hydrogen) atoms. The summed E-state index contributed by atoms with van der Waals surface area (Å²) in [5, 5.41) is 51.5. The summed E-state index contributed by atoms with van der Waals surface area (Å²) in [6.45, 7) is 6.94. The molecule has 0 bridgehead atoms. The smallest absolute Gasteiger partial charge is 0.204 e. The topological polar surface area (TPSA) is 131 Å². The average Bonchev–Trinajstić information content (AvgIpc) is 2.61. The minimum absolute atomic E-state index is 0.00407. The first-order valence-electron chi connectivity index (χ1n) is 9.64. The highest BCUT2D eigenvalue weighted by molar-refractivity contribution is 5.97. The summed E-state index contributed by atoms with van der Waals surface area (Å²) in [5.74, 6) is -1.55. The highest BCUT2D eigenvalue weighted by Crippen LogP contribution is 2.40. The van der Waals surface area contributed by atoms with E-state index in [-0.39, 0.29) is 63.8 Å². The van der Waals surface area contributed by atoms with Crippen molar-refractivity contribution in [1.29, 1.82) is 0 Å². The Bertz CT molecular complexity index is 1220. The highest BCUT2D eigenvalue weighted by atomic mass is 16.3. The molecule has 0 saturated carbocycles. The van der Waals surface area contributed by atoms with E-state index in [1.165, 1.54) is 6.07 Å². The van der Waals surface area contributed by atoms with Crippen LogP contribution in [0, 0.1) is 0 Å². The van der Waals surface area contributed by atoms with Gasteiger partial charge in [-0.2, -0.15) is 0 Å². The Morgan fingerprint density at radius 2 is 1.57 bits per heavy atom. The molecule has 7 nitrogen and oxygen atoms in total. The molecule has 1 aromatic heterocycles. The first-order chi connectivity index (χ1) is 13.9. The van der Waals surface area contributed by atoms with Gasteiger partial charge in [0.2, 0.25) is 5.43 Å². The van der Waals surface area contributed by atoms with Gasteiger partial charge in [-0.1, -0.05) is 11.6 Å². The van der Waals surface area contributed by atoms with Crippen LogP contribution in [0.3, 0.4) is 0 Å². The molecule has 0 aliphatic rings. The van der Waals surface area contributed by atoms with Crippen molar-refractivity contribution in [1.82, 2.24) is 0 Å². The monoisotopic (exact) mass is 414 g/mol. The fraction of sp³-hybridized carbons (Fsp3) is 0.348. The number of fused-ring (bicyclic) bond motifs is 2. The van der Waals surface area contributed by atoms with Gasteiger partial charge < -0.3 is 29.9 Å². The summed E-state index contributed by atoms with van der Waals surface area (Å²) in [4.78, 5) is 13.3. The Morgan fingerprint density at radius 1 is 0.967 bits per heavy atom. The summed E-state index contributed by atoms with van der Waals surface area (Å²) in [5.41, 5.74) is -0.395. The Hall–Kier alpha value is -3.19. The summed E-state index contributed by atoms with van der Waals surface area (Å²) >= 11 is 0. The lowest BCUT2D eigenvalue weighted by molar-refractivity contribution is 0.0713. The minimum atomic E-state index is -1.06. The van der Waals surface area contributed by atoms with Crippen molar-refractivity contribution in [3.63, 3.8) is 0 Å². The molecule has 0 unspecified atom stereocenters. The summed E-state index contributed by atoms with van der Waals surface area (Å²) in [6, 6.07) is 2.37. The largest absolute Gasteiger partial charge is 0.507 e. The molecule has 0 fully saturated rings. The lowest BCUT2D eigenvalue weighted by Crippen LogP contribution is -2.19. The number of phenols is 4. The maximum Gasteiger partial charge on any atom is 0.204 e. The molecule has 0 atom stereocenters. The maximum absolute atomic E-state index is 13.3. The van der Waals surface area contributed by atoms with Gasteiger partial charge in [-0.25, -0.2) is 0 Å². The Balaban J connectivity index is 2.37. The molecule has 3 aromatic rings. The van der Waals surface area contributed by atoms with Crippen molar-refractivity contribution in [2.24, 2.45) is 0 Å². The first-order valence-corrected chi connectivity index (χ1v) is 9.64. The number of aliphatic hydroxyl groups is 1. The van der Waals surface area contributed by atoms with Crippen LogP contribution in [-0.4, -0.2) is 31.1 Å². The predicted molar refractivity (Wildman–Crippen MR) is 114 cm³/mol. The lowest BCUT2D eigenvalue weighted by Gasteiger charge is -2.18. The SMILES string of the molecule is CC(C)=CCc1c(O)cc2oc3cc(O)c(O)c(CCC(C)(C)O)c3c(=O)c2c1O. The molecule has 0 aliphatic heterocycles. The molecule has 3 rings (SSSR count). The molecule has 160 valence electrons. The van der Waals surface area contributed by atoms with Crippen LogP contribution in [0.2, 0.25) is 0 Å². The van der Waals surface area contributed by atoms with Crippen molar-refractivity contribution in [3.05, 3.63) is 45.1 Å². The highest BCUT2D eigenvalue weighted by Gasteiger charge is 2.24. The quantitative estimate of drug-likeness (QED) is 0.242. The van der Waals surface area contributed by atoms with E-state index in [9.17, 15) is 30.3 Å². The number of allylic oxidation sites excluding steroid dienone is 2. The van der Waals surface area contributed by atoms with Crippen LogP contribution >= 0.6 is 0 Å². The minimum Gasteiger partial charge on any atom is -0.507 e. The van der Waals surface area contributed by atoms with Crippen LogP contribution in [0.25, 0.3) is 21.9 Å². The van der Waals surface area contributed by atoms with E-state index in [1.807, 2.05) is 19.9 Å². The Kier molecular flexibility index (Phi) is 5.43. The molecular formula is C23H26O7. The van der Waals surface area contributed by atoms with Crippen LogP contribution in [0.4, 0.5) is 0 Å². The fourth-order valence-electron chi connectivity index (χ4n) is 3.41. The molecule has 0 radical (unpaired) electrons. The molecule has 5 N–H and O–H groups in total. The third kappa shape index (κ3) is 3.93. The van der Waals surface area contributed by atoms with Gasteiger partial charge in [0.15, 0.2) is 11.5 Å². The molecular weight excluding hydrogens is 388 g/mol. The van der Waals surface area contributed by atoms with Crippen molar-refractivity contribution < 1.29 is 29.9 Å². The van der Waals surface area contributed by atoms with Crippen LogP contribution in [-0.2, 0) is 12.8 Å². The Labute approximate surface area is 173 Å². The molecule has 1 heterocycles. The van der Waals surface area contributed by atoms with Gasteiger partial charge in [0.05, 0.1) is 11.0 Å². The van der Waals surface area contributed by atoms with E-state index in [4.69, 9.17) is 4.42 Å². The van der Waals surface area contributed by atoms with Crippen molar-refractivity contribution >= 4 is 21.9 Å². The van der Waals surface area contributed by atoms with E-state index in [2.05, 4.69) is 0 Å². The molecule has 2 aromatic carbocycles. The zero-order valence-electron chi connectivity index (χ0n) is 17.4. The van der Waals surface area contributed by atoms with E-state index >= 15 is 0 Å². The van der Waals surface area contributed by atoms with Gasteiger partial charge in [0.25, 0.3) is 0 Å². The standard InChI is InChI=1S/C23H26O7/c1-11(2)5-6-12-14(24)9-17-19(21(12)27)22(28)18-13(7-8-23(3,4)29)20(26)15(25)10-16(18)30-17/h5,9-10,24-27,29H,6-8H2,1-4H3. The van der Waals surface area contributed by atoms with Crippen LogP contribution < -0.4 is 5.43 Å². The molecule has 0 amide bonds. The van der Waals surface area contributed by atoms with Gasteiger partial charge in [-0.05, 0) is 47.0 Å². The zero-order valence-corrected chi connectivity index (χ0v) is 17.4. The number of rotatable bonds is 5. The summed E-state index contributed by atoms with van der Waals surface area (Å²) in [7, 11) is 0. The third-order valence-electron chi connectivity index (χ3n) is 5.07. The second-order valence-electron chi connectivity index (χ2n) is 8.42. The number of benzene rings is 2. The second kappa shape index (κ2) is 7.57. The summed E-state index contributed by atoms with van der Waals surface area (Å²) in [6.07, 6.45) is 2.34. The predicted octanol–water partition coefficient (Wildman–Crippen LogP) is 3.98.